The maximum Gasteiger partial charge on any atom is 0.349 e. The lowest BCUT2D eigenvalue weighted by atomic mass is 9.83. The summed E-state index contributed by atoms with van der Waals surface area (Å²) in [4.78, 5) is 12.5. The van der Waals surface area contributed by atoms with E-state index in [4.69, 9.17) is 29.4 Å². The normalized spacial score (nSPS) is 14.0. The molecule has 0 saturated carbocycles. The predicted octanol–water partition coefficient (Wildman–Crippen LogP) is 6.17. The summed E-state index contributed by atoms with van der Waals surface area (Å²) < 4.78 is 28.4. The van der Waals surface area contributed by atoms with E-state index in [-0.39, 0.29) is 23.8 Å². The highest BCUT2D eigenvalue weighted by molar-refractivity contribution is 5.74. The smallest absolute Gasteiger partial charge is 0.349 e. The average molecular weight is 543 g/mol. The molecule has 208 valence electrons. The van der Waals surface area contributed by atoms with Gasteiger partial charge in [0.05, 0.1) is 19.6 Å². The van der Waals surface area contributed by atoms with Crippen LogP contribution in [0.2, 0.25) is 0 Å². The molecule has 1 heterocycles. The molecular weight excluding hydrogens is 508 g/mol. The van der Waals surface area contributed by atoms with Gasteiger partial charge in [0.25, 0.3) is 0 Å². The number of carbonyl (C=O) groups is 1. The Labute approximate surface area is 234 Å². The van der Waals surface area contributed by atoms with Gasteiger partial charge in [-0.3, -0.25) is 0 Å². The van der Waals surface area contributed by atoms with Crippen LogP contribution >= 0.6 is 0 Å². The molecule has 3 aromatic rings. The number of ether oxygens (including phenoxy) is 5. The van der Waals surface area contributed by atoms with Crippen LogP contribution in [0.1, 0.15) is 55.2 Å². The highest BCUT2D eigenvalue weighted by Gasteiger charge is 2.31. The second kappa shape index (κ2) is 13.4. The summed E-state index contributed by atoms with van der Waals surface area (Å²) in [6.07, 6.45) is 4.42. The number of unbranched alkanes of at least 4 members (excludes halogenated alkanes) is 3. The predicted molar refractivity (Wildman–Crippen MR) is 151 cm³/mol. The number of carbonyl (C=O) groups excluding carboxylic acids is 1. The standard InChI is InChI=1S/C32H34N2O6/c1-4-5-6-9-16-37-27-15-12-22(17-29(27)36-3)31-24-14-13-23(18-28(24)40-32(34)25(31)19-33)39-30(35)20-38-26-11-8-7-10-21(26)2/h7-8,10-15,17-18,31H,4-6,9,16,20,34H2,1-3H3. The highest BCUT2D eigenvalue weighted by atomic mass is 16.6. The Balaban J connectivity index is 1.53. The maximum atomic E-state index is 12.5. The third-order valence-corrected chi connectivity index (χ3v) is 6.64. The van der Waals surface area contributed by atoms with Gasteiger partial charge in [0, 0.05) is 11.6 Å². The molecule has 0 bridgehead atoms. The highest BCUT2D eigenvalue weighted by Crippen LogP contribution is 2.45. The number of para-hydroxylation sites is 1. The van der Waals surface area contributed by atoms with Crippen LogP contribution in [0.4, 0.5) is 0 Å². The first-order chi connectivity index (χ1) is 19.4. The molecule has 0 amide bonds. The van der Waals surface area contributed by atoms with E-state index < -0.39 is 11.9 Å². The quantitative estimate of drug-likeness (QED) is 0.164. The van der Waals surface area contributed by atoms with E-state index in [0.717, 1.165) is 30.4 Å². The first-order valence-corrected chi connectivity index (χ1v) is 13.4. The zero-order chi connectivity index (χ0) is 28.5. The van der Waals surface area contributed by atoms with Crippen molar-refractivity contribution in [2.24, 2.45) is 5.73 Å². The van der Waals surface area contributed by atoms with E-state index in [1.54, 1.807) is 31.4 Å². The minimum atomic E-state index is -0.563. The summed E-state index contributed by atoms with van der Waals surface area (Å²) in [7, 11) is 1.58. The van der Waals surface area contributed by atoms with Gasteiger partial charge in [0.1, 0.15) is 28.9 Å². The molecule has 0 spiro atoms. The van der Waals surface area contributed by atoms with Crippen molar-refractivity contribution in [1.29, 1.82) is 5.26 Å². The largest absolute Gasteiger partial charge is 0.493 e. The fourth-order valence-electron chi connectivity index (χ4n) is 4.55. The van der Waals surface area contributed by atoms with E-state index in [1.165, 1.54) is 6.42 Å². The average Bonchev–Trinajstić information content (AvgIpc) is 2.96. The number of nitrogens with two attached hydrogens (primary N) is 1. The van der Waals surface area contributed by atoms with Crippen LogP contribution in [-0.2, 0) is 4.79 Å². The van der Waals surface area contributed by atoms with Crippen LogP contribution in [-0.4, -0.2) is 26.3 Å². The van der Waals surface area contributed by atoms with Crippen molar-refractivity contribution in [2.75, 3.05) is 20.3 Å². The third kappa shape index (κ3) is 6.67. The Kier molecular flexibility index (Phi) is 9.53. The zero-order valence-corrected chi connectivity index (χ0v) is 23.1. The molecule has 40 heavy (non-hydrogen) atoms. The van der Waals surface area contributed by atoms with E-state index >= 15 is 0 Å². The van der Waals surface area contributed by atoms with Crippen molar-refractivity contribution >= 4 is 5.97 Å². The summed E-state index contributed by atoms with van der Waals surface area (Å²) in [5, 5.41) is 9.93. The molecule has 0 radical (unpaired) electrons. The van der Waals surface area contributed by atoms with Crippen LogP contribution < -0.4 is 29.4 Å². The number of rotatable bonds is 12. The molecular formula is C32H34N2O6. The maximum absolute atomic E-state index is 12.5. The zero-order valence-electron chi connectivity index (χ0n) is 23.1. The molecule has 8 nitrogen and oxygen atoms in total. The van der Waals surface area contributed by atoms with Gasteiger partial charge in [-0.15, -0.1) is 0 Å². The lowest BCUT2D eigenvalue weighted by Crippen LogP contribution is -2.22. The molecule has 1 unspecified atom stereocenters. The van der Waals surface area contributed by atoms with Crippen LogP contribution in [0.25, 0.3) is 0 Å². The number of esters is 1. The minimum absolute atomic E-state index is 0.0124. The molecule has 0 aromatic heterocycles. The SMILES string of the molecule is CCCCCCOc1ccc(C2C(C#N)=C(N)Oc3cc(OC(=O)COc4ccccc4C)ccc32)cc1OC. The van der Waals surface area contributed by atoms with Crippen molar-refractivity contribution < 1.29 is 28.5 Å². The molecule has 4 rings (SSSR count). The number of fused-ring (bicyclic) bond motifs is 1. The monoisotopic (exact) mass is 542 g/mol. The van der Waals surface area contributed by atoms with Gasteiger partial charge in [-0.05, 0) is 48.7 Å². The Morgan fingerprint density at radius 1 is 1.00 bits per heavy atom. The molecule has 0 saturated heterocycles. The summed E-state index contributed by atoms with van der Waals surface area (Å²) in [5.74, 6) is 1.40. The van der Waals surface area contributed by atoms with Crippen molar-refractivity contribution in [1.82, 2.24) is 0 Å². The van der Waals surface area contributed by atoms with Crippen LogP contribution in [0, 0.1) is 18.3 Å². The number of allylic oxidation sites excluding steroid dienone is 1. The number of benzene rings is 3. The third-order valence-electron chi connectivity index (χ3n) is 6.64. The number of aryl methyl sites for hydroxylation is 1. The summed E-state index contributed by atoms with van der Waals surface area (Å²) in [6, 6.07) is 20.2. The Morgan fingerprint density at radius 3 is 2.58 bits per heavy atom. The first-order valence-electron chi connectivity index (χ1n) is 13.4. The van der Waals surface area contributed by atoms with Crippen molar-refractivity contribution in [3.8, 4) is 34.8 Å². The fourth-order valence-corrected chi connectivity index (χ4v) is 4.55. The molecule has 1 aliphatic rings. The summed E-state index contributed by atoms with van der Waals surface area (Å²) in [5.41, 5.74) is 8.86. The number of nitrogens with zero attached hydrogens (tertiary/aromatic N) is 1. The van der Waals surface area contributed by atoms with Gasteiger partial charge >= 0.3 is 5.97 Å². The summed E-state index contributed by atoms with van der Waals surface area (Å²) >= 11 is 0. The topological polar surface area (TPSA) is 113 Å². The van der Waals surface area contributed by atoms with E-state index in [0.29, 0.717) is 35.2 Å². The van der Waals surface area contributed by atoms with Crippen molar-refractivity contribution in [3.05, 3.63) is 88.8 Å². The second-order valence-electron chi connectivity index (χ2n) is 9.47. The molecule has 1 aliphatic heterocycles. The van der Waals surface area contributed by atoms with Gasteiger partial charge in [0.2, 0.25) is 5.88 Å². The van der Waals surface area contributed by atoms with E-state index in [1.807, 2.05) is 43.3 Å². The lowest BCUT2D eigenvalue weighted by Gasteiger charge is -2.27. The number of hydrogen-bond acceptors (Lipinski definition) is 8. The molecule has 8 heteroatoms. The van der Waals surface area contributed by atoms with Gasteiger partial charge in [-0.25, -0.2) is 4.79 Å². The van der Waals surface area contributed by atoms with E-state index in [9.17, 15) is 10.1 Å². The fraction of sp³-hybridized carbons (Fsp3) is 0.312. The first kappa shape index (κ1) is 28.4. The Bertz CT molecular complexity index is 1430. The lowest BCUT2D eigenvalue weighted by molar-refractivity contribution is -0.136. The Hall–Kier alpha value is -4.64. The second-order valence-corrected chi connectivity index (χ2v) is 9.47. The van der Waals surface area contributed by atoms with E-state index in [2.05, 4.69) is 13.0 Å². The number of hydrogen-bond donors (Lipinski definition) is 1. The van der Waals surface area contributed by atoms with Crippen LogP contribution in [0.5, 0.6) is 28.7 Å². The van der Waals surface area contributed by atoms with Crippen molar-refractivity contribution in [2.45, 2.75) is 45.4 Å². The molecule has 3 aromatic carbocycles. The van der Waals surface area contributed by atoms with Gasteiger partial charge in [0.15, 0.2) is 18.1 Å². The van der Waals surface area contributed by atoms with Gasteiger partial charge < -0.3 is 29.4 Å². The number of nitriles is 1. The molecule has 0 fully saturated rings. The van der Waals surface area contributed by atoms with Crippen LogP contribution in [0.3, 0.4) is 0 Å². The minimum Gasteiger partial charge on any atom is -0.493 e. The van der Waals surface area contributed by atoms with Crippen LogP contribution in [0.15, 0.2) is 72.1 Å². The summed E-state index contributed by atoms with van der Waals surface area (Å²) in [6.45, 7) is 4.42. The number of methoxy groups -OCH3 is 1. The molecule has 1 atom stereocenters. The molecule has 2 N–H and O–H groups in total. The van der Waals surface area contributed by atoms with Gasteiger partial charge in [-0.2, -0.15) is 5.26 Å². The Morgan fingerprint density at radius 2 is 1.82 bits per heavy atom. The van der Waals surface area contributed by atoms with Crippen molar-refractivity contribution in [3.63, 3.8) is 0 Å². The molecule has 0 aliphatic carbocycles. The van der Waals surface area contributed by atoms with Gasteiger partial charge in [-0.1, -0.05) is 56.5 Å².